The van der Waals surface area contributed by atoms with Crippen LogP contribution in [0.5, 0.6) is 0 Å². The molecule has 3 rings (SSSR count). The van der Waals surface area contributed by atoms with Crippen LogP contribution in [0.1, 0.15) is 18.9 Å². The van der Waals surface area contributed by atoms with Gasteiger partial charge in [-0.1, -0.05) is 30.3 Å². The highest BCUT2D eigenvalue weighted by Crippen LogP contribution is 2.30. The maximum atomic E-state index is 12.2. The normalized spacial score (nSPS) is 19.7. The monoisotopic (exact) mass is 374 g/mol. The number of quaternary nitrogens is 1. The summed E-state index contributed by atoms with van der Waals surface area (Å²) in [5.41, 5.74) is 1.01. The highest BCUT2D eigenvalue weighted by molar-refractivity contribution is 8.18. The number of thioether (sulfide) groups is 1. The summed E-state index contributed by atoms with van der Waals surface area (Å²) < 4.78 is 4.98. The van der Waals surface area contributed by atoms with Crippen molar-refractivity contribution in [3.05, 3.63) is 40.8 Å². The first-order chi connectivity index (χ1) is 12.7. The Labute approximate surface area is 157 Å². The Bertz CT molecular complexity index is 710. The highest BCUT2D eigenvalue weighted by atomic mass is 32.2. The number of nitrogens with one attached hydrogen (secondary N) is 1. The number of benzene rings is 1. The summed E-state index contributed by atoms with van der Waals surface area (Å²) in [6.45, 7) is 6.61. The molecule has 0 bridgehead atoms. The number of hydrogen-bond acceptors (Lipinski definition) is 5. The van der Waals surface area contributed by atoms with Crippen LogP contribution in [0.2, 0.25) is 0 Å². The Morgan fingerprint density at radius 2 is 2.04 bits per heavy atom. The molecule has 7 heteroatoms. The van der Waals surface area contributed by atoms with Gasteiger partial charge in [0.1, 0.15) is 0 Å². The van der Waals surface area contributed by atoms with Crippen LogP contribution in [0.4, 0.5) is 0 Å². The fourth-order valence-electron chi connectivity index (χ4n) is 3.01. The first-order valence-electron chi connectivity index (χ1n) is 8.97. The average Bonchev–Trinajstić information content (AvgIpc) is 3.02. The largest absolute Gasteiger partial charge is 0.466 e. The van der Waals surface area contributed by atoms with Gasteiger partial charge < -0.3 is 14.5 Å². The molecule has 0 atom stereocenters. The lowest BCUT2D eigenvalue weighted by Gasteiger charge is -2.32. The summed E-state index contributed by atoms with van der Waals surface area (Å²) in [5, 5.41) is 0.793. The molecule has 1 aromatic carbocycles. The smallest absolute Gasteiger partial charge is 0.311 e. The van der Waals surface area contributed by atoms with Crippen molar-refractivity contribution in [2.45, 2.75) is 13.3 Å². The van der Waals surface area contributed by atoms with E-state index in [1.165, 1.54) is 16.7 Å². The van der Waals surface area contributed by atoms with Crippen molar-refractivity contribution in [3.8, 4) is 0 Å². The predicted octanol–water partition coefficient (Wildman–Crippen LogP) is 0.811. The molecule has 26 heavy (non-hydrogen) atoms. The van der Waals surface area contributed by atoms with Crippen molar-refractivity contribution >= 4 is 34.9 Å². The number of rotatable bonds is 5. The van der Waals surface area contributed by atoms with Gasteiger partial charge in [0.15, 0.2) is 5.17 Å². The van der Waals surface area contributed by atoms with E-state index in [1.54, 1.807) is 0 Å². The lowest BCUT2D eigenvalue weighted by Crippen LogP contribution is -3.14. The molecule has 0 aromatic heterocycles. The number of esters is 1. The zero-order valence-corrected chi connectivity index (χ0v) is 15.8. The van der Waals surface area contributed by atoms with Gasteiger partial charge in [-0.25, -0.2) is 0 Å². The van der Waals surface area contributed by atoms with E-state index in [0.29, 0.717) is 17.9 Å². The summed E-state index contributed by atoms with van der Waals surface area (Å²) in [6, 6.07) is 9.82. The number of carbonyl (C=O) groups is 2. The average molecular weight is 374 g/mol. The number of nitrogens with zero attached hydrogens (tertiary/aromatic N) is 2. The number of carbonyl (C=O) groups excluding carboxylic acids is 2. The Kier molecular flexibility index (Phi) is 6.46. The van der Waals surface area contributed by atoms with Crippen LogP contribution >= 0.6 is 11.8 Å². The second-order valence-electron chi connectivity index (χ2n) is 6.26. The second-order valence-corrected chi connectivity index (χ2v) is 7.27. The van der Waals surface area contributed by atoms with Crippen LogP contribution in [-0.4, -0.2) is 61.3 Å². The van der Waals surface area contributed by atoms with E-state index in [9.17, 15) is 9.59 Å². The van der Waals surface area contributed by atoms with Gasteiger partial charge in [-0.3, -0.25) is 9.59 Å². The molecule has 6 nitrogen and oxygen atoms in total. The van der Waals surface area contributed by atoms with E-state index in [4.69, 9.17) is 4.74 Å². The second kappa shape index (κ2) is 9.00. The Hall–Kier alpha value is -2.12. The maximum absolute atomic E-state index is 12.2. The molecular weight excluding hydrogens is 350 g/mol. The van der Waals surface area contributed by atoms with Gasteiger partial charge in [0.25, 0.3) is 5.91 Å². The quantitative estimate of drug-likeness (QED) is 0.610. The molecule has 1 amide bonds. The summed E-state index contributed by atoms with van der Waals surface area (Å²) in [7, 11) is 0. The number of aliphatic imine (C=N–C) groups is 1. The topological polar surface area (TPSA) is 63.4 Å². The highest BCUT2D eigenvalue weighted by Gasteiger charge is 2.29. The van der Waals surface area contributed by atoms with Crippen molar-refractivity contribution in [1.82, 2.24) is 4.90 Å². The summed E-state index contributed by atoms with van der Waals surface area (Å²) in [4.78, 5) is 32.1. The van der Waals surface area contributed by atoms with Crippen LogP contribution in [0.25, 0.3) is 6.08 Å². The molecule has 2 aliphatic heterocycles. The van der Waals surface area contributed by atoms with Crippen molar-refractivity contribution in [3.63, 3.8) is 0 Å². The van der Waals surface area contributed by atoms with Crippen molar-refractivity contribution in [2.24, 2.45) is 4.99 Å². The van der Waals surface area contributed by atoms with E-state index in [-0.39, 0.29) is 11.9 Å². The van der Waals surface area contributed by atoms with Crippen LogP contribution in [0.3, 0.4) is 0 Å². The van der Waals surface area contributed by atoms with E-state index < -0.39 is 0 Å². The number of piperazine rings is 1. The van der Waals surface area contributed by atoms with Crippen molar-refractivity contribution < 1.29 is 19.2 Å². The lowest BCUT2D eigenvalue weighted by molar-refractivity contribution is -0.903. The standard InChI is InChI=1S/C19H23N3O3S/c1-2-25-17(23)8-9-21-10-12-22(13-11-21)19-20-18(24)16(26-19)14-15-6-4-3-5-7-15/h3-7,14H,2,8-13H2,1H3/p+1/b16-14-. The zero-order valence-electron chi connectivity index (χ0n) is 14.9. The van der Waals surface area contributed by atoms with Crippen molar-refractivity contribution in [1.29, 1.82) is 0 Å². The van der Waals surface area contributed by atoms with E-state index >= 15 is 0 Å². The van der Waals surface area contributed by atoms with Gasteiger partial charge in [0.2, 0.25) is 0 Å². The van der Waals surface area contributed by atoms with E-state index in [2.05, 4.69) is 9.89 Å². The molecule has 138 valence electrons. The molecular formula is C19H24N3O3S+. The lowest BCUT2D eigenvalue weighted by atomic mass is 10.2. The first kappa shape index (κ1) is 18.7. The van der Waals surface area contributed by atoms with E-state index in [1.807, 2.05) is 43.3 Å². The van der Waals surface area contributed by atoms with Gasteiger partial charge in [0.05, 0.1) is 50.7 Å². The third-order valence-electron chi connectivity index (χ3n) is 4.44. The molecule has 1 saturated heterocycles. The molecule has 2 aliphatic rings. The SMILES string of the molecule is CCOC(=O)CC[NH+]1CCN(C2=NC(=O)/C(=C/c3ccccc3)S2)CC1. The molecule has 0 saturated carbocycles. The zero-order chi connectivity index (χ0) is 18.4. The Balaban J connectivity index is 1.49. The number of amidine groups is 1. The molecule has 1 N–H and O–H groups in total. The minimum absolute atomic E-state index is 0.126. The first-order valence-corrected chi connectivity index (χ1v) is 9.79. The number of hydrogen-bond donors (Lipinski definition) is 1. The molecule has 1 fully saturated rings. The van der Waals surface area contributed by atoms with Crippen LogP contribution in [-0.2, 0) is 14.3 Å². The Morgan fingerprint density at radius 1 is 1.31 bits per heavy atom. The minimum Gasteiger partial charge on any atom is -0.466 e. The van der Waals surface area contributed by atoms with Gasteiger partial charge in [0, 0.05) is 0 Å². The third-order valence-corrected chi connectivity index (χ3v) is 5.48. The Morgan fingerprint density at radius 3 is 2.73 bits per heavy atom. The molecule has 2 heterocycles. The number of amides is 1. The molecule has 0 radical (unpaired) electrons. The predicted molar refractivity (Wildman–Crippen MR) is 103 cm³/mol. The van der Waals surface area contributed by atoms with Crippen LogP contribution in [0.15, 0.2) is 40.2 Å². The van der Waals surface area contributed by atoms with Gasteiger partial charge in [-0.15, -0.1) is 0 Å². The van der Waals surface area contributed by atoms with E-state index in [0.717, 1.165) is 43.5 Å². The molecule has 0 spiro atoms. The van der Waals surface area contributed by atoms with Gasteiger partial charge >= 0.3 is 5.97 Å². The summed E-state index contributed by atoms with van der Waals surface area (Å²) >= 11 is 1.45. The summed E-state index contributed by atoms with van der Waals surface area (Å²) in [5.74, 6) is -0.287. The van der Waals surface area contributed by atoms with Gasteiger partial charge in [-0.2, -0.15) is 4.99 Å². The fourth-order valence-corrected chi connectivity index (χ4v) is 3.98. The minimum atomic E-state index is -0.161. The number of ether oxygens (including phenoxy) is 1. The van der Waals surface area contributed by atoms with Crippen LogP contribution < -0.4 is 4.90 Å². The fraction of sp³-hybridized carbons (Fsp3) is 0.421. The molecule has 0 unspecified atom stereocenters. The maximum Gasteiger partial charge on any atom is 0.311 e. The molecule has 1 aromatic rings. The van der Waals surface area contributed by atoms with Crippen LogP contribution in [0, 0.1) is 0 Å². The van der Waals surface area contributed by atoms with Crippen molar-refractivity contribution in [2.75, 3.05) is 39.3 Å². The summed E-state index contributed by atoms with van der Waals surface area (Å²) in [6.07, 6.45) is 2.35. The molecule has 0 aliphatic carbocycles. The van der Waals surface area contributed by atoms with Gasteiger partial charge in [-0.05, 0) is 30.3 Å². The third kappa shape index (κ3) is 4.95.